The van der Waals surface area contributed by atoms with Crippen LogP contribution in [0.15, 0.2) is 35.4 Å². The minimum absolute atomic E-state index is 0.0517. The van der Waals surface area contributed by atoms with Crippen molar-refractivity contribution in [2.24, 2.45) is 0 Å². The molecule has 1 aliphatic heterocycles. The second-order valence-corrected chi connectivity index (χ2v) is 6.58. The molecule has 1 amide bonds. The first-order chi connectivity index (χ1) is 12.0. The number of nitrogens with one attached hydrogen (secondary N) is 1. The van der Waals surface area contributed by atoms with Crippen LogP contribution in [0.25, 0.3) is 10.4 Å². The molecule has 0 unspecified atom stereocenters. The Labute approximate surface area is 147 Å². The Balaban J connectivity index is 1.65. The number of carbonyl (C=O) groups excluding carboxylic acids is 1. The van der Waals surface area contributed by atoms with Crippen molar-refractivity contribution in [2.75, 3.05) is 32.1 Å². The SMILES string of the molecule is CN1CC=C(COC(=O)Nc2ncsc2-c2cc(F)ccc2F)CC1. The van der Waals surface area contributed by atoms with Crippen molar-refractivity contribution in [1.29, 1.82) is 0 Å². The zero-order chi connectivity index (χ0) is 17.8. The summed E-state index contributed by atoms with van der Waals surface area (Å²) in [5, 5.41) is 2.50. The van der Waals surface area contributed by atoms with Gasteiger partial charge in [0.05, 0.1) is 10.4 Å². The first kappa shape index (κ1) is 17.5. The molecule has 1 aliphatic rings. The number of carbonyl (C=O) groups is 1. The largest absolute Gasteiger partial charge is 0.445 e. The van der Waals surface area contributed by atoms with Crippen molar-refractivity contribution in [2.45, 2.75) is 6.42 Å². The Morgan fingerprint density at radius 1 is 1.44 bits per heavy atom. The number of anilines is 1. The van der Waals surface area contributed by atoms with E-state index in [1.54, 1.807) is 0 Å². The van der Waals surface area contributed by atoms with Crippen LogP contribution in [0.1, 0.15) is 6.42 Å². The van der Waals surface area contributed by atoms with Crippen LogP contribution < -0.4 is 5.32 Å². The number of rotatable bonds is 4. The van der Waals surface area contributed by atoms with Crippen LogP contribution in [0.5, 0.6) is 0 Å². The first-order valence-corrected chi connectivity index (χ1v) is 8.60. The molecule has 2 aromatic rings. The number of hydrogen-bond acceptors (Lipinski definition) is 5. The predicted octanol–water partition coefficient (Wildman–Crippen LogP) is 3.90. The van der Waals surface area contributed by atoms with Crippen LogP contribution >= 0.6 is 11.3 Å². The number of likely N-dealkylation sites (N-methyl/N-ethyl adjacent to an activating group) is 1. The molecule has 5 nitrogen and oxygen atoms in total. The summed E-state index contributed by atoms with van der Waals surface area (Å²) in [7, 11) is 2.02. The van der Waals surface area contributed by atoms with Crippen LogP contribution in [0, 0.1) is 11.6 Å². The van der Waals surface area contributed by atoms with Gasteiger partial charge in [-0.05, 0) is 37.2 Å². The van der Waals surface area contributed by atoms with Gasteiger partial charge in [-0.3, -0.25) is 5.32 Å². The van der Waals surface area contributed by atoms with Crippen LogP contribution in [0.3, 0.4) is 0 Å². The van der Waals surface area contributed by atoms with Crippen molar-refractivity contribution >= 4 is 23.2 Å². The highest BCUT2D eigenvalue weighted by atomic mass is 32.1. The van der Waals surface area contributed by atoms with E-state index in [-0.39, 0.29) is 18.0 Å². The van der Waals surface area contributed by atoms with Gasteiger partial charge in [0.2, 0.25) is 0 Å². The van der Waals surface area contributed by atoms with E-state index in [9.17, 15) is 13.6 Å². The fourth-order valence-corrected chi connectivity index (χ4v) is 3.19. The molecule has 1 N–H and O–H groups in total. The number of hydrogen-bond donors (Lipinski definition) is 1. The van der Waals surface area contributed by atoms with E-state index in [1.807, 2.05) is 13.1 Å². The Morgan fingerprint density at radius 3 is 3.04 bits per heavy atom. The molecule has 8 heteroatoms. The molecule has 0 bridgehead atoms. The Kier molecular flexibility index (Phi) is 5.40. The van der Waals surface area contributed by atoms with Crippen LogP contribution in [0.2, 0.25) is 0 Å². The molecular weight excluding hydrogens is 348 g/mol. The van der Waals surface area contributed by atoms with Gasteiger partial charge in [0.25, 0.3) is 0 Å². The highest BCUT2D eigenvalue weighted by Crippen LogP contribution is 2.33. The molecular formula is C17H17F2N3O2S. The van der Waals surface area contributed by atoms with Crippen molar-refractivity contribution in [3.05, 3.63) is 47.0 Å². The van der Waals surface area contributed by atoms with E-state index in [0.29, 0.717) is 4.88 Å². The van der Waals surface area contributed by atoms with Gasteiger partial charge in [-0.1, -0.05) is 6.08 Å². The summed E-state index contributed by atoms with van der Waals surface area (Å²) in [5.74, 6) is -0.997. The van der Waals surface area contributed by atoms with Gasteiger partial charge in [-0.25, -0.2) is 18.6 Å². The molecule has 0 saturated carbocycles. The Bertz CT molecular complexity index is 807. The monoisotopic (exact) mass is 365 g/mol. The van der Waals surface area contributed by atoms with E-state index in [2.05, 4.69) is 15.2 Å². The quantitative estimate of drug-likeness (QED) is 0.835. The molecule has 0 saturated heterocycles. The Hall–Kier alpha value is -2.32. The lowest BCUT2D eigenvalue weighted by molar-refractivity contribution is 0.169. The van der Waals surface area contributed by atoms with Gasteiger partial charge in [0.1, 0.15) is 18.2 Å². The van der Waals surface area contributed by atoms with Crippen molar-refractivity contribution in [3.63, 3.8) is 0 Å². The highest BCUT2D eigenvalue weighted by molar-refractivity contribution is 7.13. The van der Waals surface area contributed by atoms with Gasteiger partial charge in [-0.2, -0.15) is 0 Å². The maximum absolute atomic E-state index is 13.9. The molecule has 0 atom stereocenters. The van der Waals surface area contributed by atoms with Crippen LogP contribution in [-0.2, 0) is 4.74 Å². The van der Waals surface area contributed by atoms with Crippen LogP contribution in [0.4, 0.5) is 19.4 Å². The third kappa shape index (κ3) is 4.40. The Morgan fingerprint density at radius 2 is 2.28 bits per heavy atom. The van der Waals surface area contributed by atoms with Crippen molar-refractivity contribution < 1.29 is 18.3 Å². The summed E-state index contributed by atoms with van der Waals surface area (Å²) in [4.78, 5) is 18.5. The smallest absolute Gasteiger partial charge is 0.413 e. The maximum Gasteiger partial charge on any atom is 0.413 e. The molecule has 25 heavy (non-hydrogen) atoms. The summed E-state index contributed by atoms with van der Waals surface area (Å²) < 4.78 is 32.5. The zero-order valence-electron chi connectivity index (χ0n) is 13.6. The van der Waals surface area contributed by atoms with Gasteiger partial charge in [0.15, 0.2) is 5.82 Å². The predicted molar refractivity (Wildman–Crippen MR) is 92.6 cm³/mol. The van der Waals surface area contributed by atoms with E-state index in [0.717, 1.165) is 54.6 Å². The molecule has 2 heterocycles. The summed E-state index contributed by atoms with van der Waals surface area (Å²) in [5.41, 5.74) is 2.56. The second kappa shape index (κ2) is 7.71. The lowest BCUT2D eigenvalue weighted by atomic mass is 10.1. The normalized spacial score (nSPS) is 14.9. The van der Waals surface area contributed by atoms with Crippen molar-refractivity contribution in [3.8, 4) is 10.4 Å². The summed E-state index contributed by atoms with van der Waals surface area (Å²) in [6.45, 7) is 1.95. The van der Waals surface area contributed by atoms with E-state index in [4.69, 9.17) is 4.74 Å². The lowest BCUT2D eigenvalue weighted by Gasteiger charge is -2.21. The van der Waals surface area contributed by atoms with E-state index in [1.165, 1.54) is 5.51 Å². The molecule has 1 aromatic heterocycles. The average Bonchev–Trinajstić information content (AvgIpc) is 3.04. The minimum atomic E-state index is -0.677. The van der Waals surface area contributed by atoms with E-state index < -0.39 is 17.7 Å². The van der Waals surface area contributed by atoms with Gasteiger partial charge in [0, 0.05) is 18.7 Å². The molecule has 0 radical (unpaired) electrons. The third-order valence-electron chi connectivity index (χ3n) is 3.86. The number of halogens is 2. The second-order valence-electron chi connectivity index (χ2n) is 5.73. The zero-order valence-corrected chi connectivity index (χ0v) is 14.4. The standard InChI is InChI=1S/C17H17F2N3O2S/c1-22-6-4-11(5-7-22)9-24-17(23)21-16-15(25-10-20-16)13-8-12(18)2-3-14(13)19/h2-4,8,10H,5-7,9H2,1H3,(H,21,23). The fourth-order valence-electron chi connectivity index (χ4n) is 2.43. The third-order valence-corrected chi connectivity index (χ3v) is 4.72. The van der Waals surface area contributed by atoms with E-state index >= 15 is 0 Å². The average molecular weight is 365 g/mol. The maximum atomic E-state index is 13.9. The molecule has 0 fully saturated rings. The van der Waals surface area contributed by atoms with Gasteiger partial charge in [-0.15, -0.1) is 11.3 Å². The number of benzene rings is 1. The summed E-state index contributed by atoms with van der Waals surface area (Å²) in [6, 6.07) is 3.15. The van der Waals surface area contributed by atoms with Gasteiger partial charge >= 0.3 is 6.09 Å². The first-order valence-electron chi connectivity index (χ1n) is 7.72. The van der Waals surface area contributed by atoms with Gasteiger partial charge < -0.3 is 9.64 Å². The number of amides is 1. The molecule has 1 aromatic carbocycles. The number of aromatic nitrogens is 1. The molecule has 0 aliphatic carbocycles. The molecule has 0 spiro atoms. The summed E-state index contributed by atoms with van der Waals surface area (Å²) >= 11 is 1.11. The minimum Gasteiger partial charge on any atom is -0.445 e. The molecule has 132 valence electrons. The van der Waals surface area contributed by atoms with Crippen molar-refractivity contribution in [1.82, 2.24) is 9.88 Å². The fraction of sp³-hybridized carbons (Fsp3) is 0.294. The molecule has 3 rings (SSSR count). The topological polar surface area (TPSA) is 54.5 Å². The number of thiazole rings is 1. The highest BCUT2D eigenvalue weighted by Gasteiger charge is 2.17. The summed E-state index contributed by atoms with van der Waals surface area (Å²) in [6.07, 6.45) is 2.21. The van der Waals surface area contributed by atoms with Crippen LogP contribution in [-0.4, -0.2) is 42.7 Å². The number of ether oxygens (including phenoxy) is 1. The number of nitrogens with zero attached hydrogens (tertiary/aromatic N) is 2. The lowest BCUT2D eigenvalue weighted by Crippen LogP contribution is -2.26.